The lowest BCUT2D eigenvalue weighted by Crippen LogP contribution is -2.45. The van der Waals surface area contributed by atoms with E-state index >= 15 is 0 Å². The van der Waals surface area contributed by atoms with E-state index in [0.717, 1.165) is 51.3 Å². The van der Waals surface area contributed by atoms with Crippen LogP contribution in [0.25, 0.3) is 0 Å². The van der Waals surface area contributed by atoms with Crippen LogP contribution in [-0.2, 0) is 17.8 Å². The number of piperidine rings is 1. The van der Waals surface area contributed by atoms with Crippen LogP contribution < -0.4 is 10.1 Å². The van der Waals surface area contributed by atoms with Gasteiger partial charge in [-0.05, 0) is 30.0 Å². The van der Waals surface area contributed by atoms with E-state index in [1.54, 1.807) is 0 Å². The zero-order valence-electron chi connectivity index (χ0n) is 13.6. The zero-order chi connectivity index (χ0) is 15.5. The minimum absolute atomic E-state index is 0.109. The first-order valence-electron chi connectivity index (χ1n) is 8.40. The predicted octanol–water partition coefficient (Wildman–Crippen LogP) is 2.36. The summed E-state index contributed by atoms with van der Waals surface area (Å²) in [6.45, 7) is 7.43. The fourth-order valence-corrected chi connectivity index (χ4v) is 3.28. The van der Waals surface area contributed by atoms with E-state index in [-0.39, 0.29) is 11.8 Å². The van der Waals surface area contributed by atoms with E-state index in [4.69, 9.17) is 4.74 Å². The number of ether oxygens (including phenoxy) is 1. The number of rotatable bonds is 4. The van der Waals surface area contributed by atoms with Gasteiger partial charge in [0.15, 0.2) is 0 Å². The molecule has 1 N–H and O–H groups in total. The van der Waals surface area contributed by atoms with Crippen LogP contribution in [0.1, 0.15) is 37.8 Å². The first-order chi connectivity index (χ1) is 10.6. The number of hydrogen-bond acceptors (Lipinski definition) is 3. The number of benzene rings is 1. The smallest absolute Gasteiger partial charge is 0.225 e. The molecule has 0 atom stereocenters. The molecule has 1 fully saturated rings. The third-order valence-corrected chi connectivity index (χ3v) is 4.65. The molecule has 0 bridgehead atoms. The van der Waals surface area contributed by atoms with Crippen molar-refractivity contribution in [2.75, 3.05) is 19.7 Å². The van der Waals surface area contributed by atoms with Crippen molar-refractivity contribution in [3.8, 4) is 5.75 Å². The summed E-state index contributed by atoms with van der Waals surface area (Å²) in [7, 11) is 0. The second-order valence-electron chi connectivity index (χ2n) is 6.68. The lowest BCUT2D eigenvalue weighted by molar-refractivity contribution is -0.135. The van der Waals surface area contributed by atoms with Crippen molar-refractivity contribution in [3.05, 3.63) is 29.3 Å². The molecule has 0 aromatic heterocycles. The average Bonchev–Trinajstić information content (AvgIpc) is 3.00. The Kier molecular flexibility index (Phi) is 4.67. The Balaban J connectivity index is 1.46. The van der Waals surface area contributed by atoms with Crippen molar-refractivity contribution in [3.63, 3.8) is 0 Å². The molecule has 22 heavy (non-hydrogen) atoms. The molecule has 1 aromatic rings. The topological polar surface area (TPSA) is 41.6 Å². The Morgan fingerprint density at radius 1 is 1.36 bits per heavy atom. The minimum atomic E-state index is 0.109. The van der Waals surface area contributed by atoms with Gasteiger partial charge < -0.3 is 15.0 Å². The normalized spacial score (nSPS) is 18.4. The van der Waals surface area contributed by atoms with Crippen LogP contribution in [-0.4, -0.2) is 36.5 Å². The van der Waals surface area contributed by atoms with Gasteiger partial charge in [0.25, 0.3) is 0 Å². The number of carbonyl (C=O) groups is 1. The molecule has 0 unspecified atom stereocenters. The van der Waals surface area contributed by atoms with Crippen LogP contribution in [0.5, 0.6) is 5.75 Å². The van der Waals surface area contributed by atoms with Crippen LogP contribution in [0, 0.1) is 5.92 Å². The lowest BCUT2D eigenvalue weighted by Gasteiger charge is -2.33. The molecule has 0 aliphatic carbocycles. The van der Waals surface area contributed by atoms with Crippen molar-refractivity contribution in [1.29, 1.82) is 0 Å². The average molecular weight is 302 g/mol. The third-order valence-electron chi connectivity index (χ3n) is 4.65. The van der Waals surface area contributed by atoms with Gasteiger partial charge in [-0.15, -0.1) is 0 Å². The molecule has 0 saturated carbocycles. The maximum atomic E-state index is 12.0. The summed E-state index contributed by atoms with van der Waals surface area (Å²) in [6, 6.07) is 7.01. The van der Waals surface area contributed by atoms with Crippen molar-refractivity contribution in [2.45, 2.75) is 45.7 Å². The highest BCUT2D eigenvalue weighted by molar-refractivity contribution is 5.78. The largest absolute Gasteiger partial charge is 0.493 e. The van der Waals surface area contributed by atoms with Gasteiger partial charge in [0.05, 0.1) is 6.61 Å². The van der Waals surface area contributed by atoms with E-state index < -0.39 is 0 Å². The van der Waals surface area contributed by atoms with Gasteiger partial charge in [-0.25, -0.2) is 0 Å². The molecule has 2 aliphatic heterocycles. The van der Waals surface area contributed by atoms with Gasteiger partial charge in [0.1, 0.15) is 5.75 Å². The fraction of sp³-hybridized carbons (Fsp3) is 0.611. The molecule has 120 valence electrons. The lowest BCUT2D eigenvalue weighted by atomic mass is 10.0. The maximum absolute atomic E-state index is 12.0. The van der Waals surface area contributed by atoms with Crippen LogP contribution >= 0.6 is 0 Å². The number of likely N-dealkylation sites (tertiary alicyclic amines) is 1. The monoisotopic (exact) mass is 302 g/mol. The standard InChI is InChI=1S/C18H26N2O2/c1-13(2)18(21)20-8-5-16(6-9-20)19-12-14-3-4-17-15(11-14)7-10-22-17/h3-4,11,13,16,19H,5-10,12H2,1-2H3. The Morgan fingerprint density at radius 3 is 2.86 bits per heavy atom. The van der Waals surface area contributed by atoms with E-state index in [2.05, 4.69) is 23.5 Å². The van der Waals surface area contributed by atoms with E-state index in [1.165, 1.54) is 11.1 Å². The SMILES string of the molecule is CC(C)C(=O)N1CCC(NCc2ccc3c(c2)CCO3)CC1. The zero-order valence-corrected chi connectivity index (χ0v) is 13.6. The van der Waals surface area contributed by atoms with Crippen molar-refractivity contribution < 1.29 is 9.53 Å². The van der Waals surface area contributed by atoms with E-state index in [1.807, 2.05) is 18.7 Å². The summed E-state index contributed by atoms with van der Waals surface area (Å²) in [5.74, 6) is 1.44. The second-order valence-corrected chi connectivity index (χ2v) is 6.68. The van der Waals surface area contributed by atoms with E-state index in [0.29, 0.717) is 6.04 Å². The highest BCUT2D eigenvalue weighted by Crippen LogP contribution is 2.26. The highest BCUT2D eigenvalue weighted by Gasteiger charge is 2.24. The molecule has 3 rings (SSSR count). The molecular weight excluding hydrogens is 276 g/mol. The first-order valence-corrected chi connectivity index (χ1v) is 8.40. The van der Waals surface area contributed by atoms with Gasteiger partial charge in [0, 0.05) is 38.0 Å². The van der Waals surface area contributed by atoms with Crippen molar-refractivity contribution in [1.82, 2.24) is 10.2 Å². The van der Waals surface area contributed by atoms with Crippen LogP contribution in [0.2, 0.25) is 0 Å². The van der Waals surface area contributed by atoms with E-state index in [9.17, 15) is 4.79 Å². The van der Waals surface area contributed by atoms with Gasteiger partial charge >= 0.3 is 0 Å². The Labute approximate surface area is 132 Å². The summed E-state index contributed by atoms with van der Waals surface area (Å²) in [4.78, 5) is 14.0. The maximum Gasteiger partial charge on any atom is 0.225 e. The quantitative estimate of drug-likeness (QED) is 0.928. The Bertz CT molecular complexity index is 534. The summed E-state index contributed by atoms with van der Waals surface area (Å²) >= 11 is 0. The molecule has 0 radical (unpaired) electrons. The molecule has 0 spiro atoms. The molecule has 1 saturated heterocycles. The fourth-order valence-electron chi connectivity index (χ4n) is 3.28. The summed E-state index contributed by atoms with van der Waals surface area (Å²) < 4.78 is 5.54. The summed E-state index contributed by atoms with van der Waals surface area (Å²) in [6.07, 6.45) is 3.12. The van der Waals surface area contributed by atoms with Crippen molar-refractivity contribution in [2.24, 2.45) is 5.92 Å². The van der Waals surface area contributed by atoms with Crippen LogP contribution in [0.3, 0.4) is 0 Å². The third kappa shape index (κ3) is 3.43. The first kappa shape index (κ1) is 15.3. The molecule has 1 amide bonds. The predicted molar refractivity (Wildman–Crippen MR) is 86.9 cm³/mol. The number of amides is 1. The number of nitrogens with one attached hydrogen (secondary N) is 1. The molecule has 4 nitrogen and oxygen atoms in total. The van der Waals surface area contributed by atoms with Gasteiger partial charge in [-0.1, -0.05) is 26.0 Å². The molecule has 4 heteroatoms. The number of nitrogens with zero attached hydrogens (tertiary/aromatic N) is 1. The number of hydrogen-bond donors (Lipinski definition) is 1. The number of fused-ring (bicyclic) bond motifs is 1. The number of carbonyl (C=O) groups excluding carboxylic acids is 1. The second kappa shape index (κ2) is 6.69. The van der Waals surface area contributed by atoms with Gasteiger partial charge in [0.2, 0.25) is 5.91 Å². The van der Waals surface area contributed by atoms with Crippen LogP contribution in [0.4, 0.5) is 0 Å². The molecule has 1 aromatic carbocycles. The van der Waals surface area contributed by atoms with Crippen LogP contribution in [0.15, 0.2) is 18.2 Å². The van der Waals surface area contributed by atoms with Gasteiger partial charge in [-0.2, -0.15) is 0 Å². The Hall–Kier alpha value is -1.55. The molecule has 2 heterocycles. The Morgan fingerprint density at radius 2 is 2.14 bits per heavy atom. The molecular formula is C18H26N2O2. The minimum Gasteiger partial charge on any atom is -0.493 e. The summed E-state index contributed by atoms with van der Waals surface area (Å²) in [5, 5.41) is 3.64. The molecule has 2 aliphatic rings. The van der Waals surface area contributed by atoms with Gasteiger partial charge in [-0.3, -0.25) is 4.79 Å². The van der Waals surface area contributed by atoms with Crippen molar-refractivity contribution >= 4 is 5.91 Å². The summed E-state index contributed by atoms with van der Waals surface area (Å²) in [5.41, 5.74) is 2.65. The highest BCUT2D eigenvalue weighted by atomic mass is 16.5.